The summed E-state index contributed by atoms with van der Waals surface area (Å²) in [5, 5.41) is 3.66. The van der Waals surface area contributed by atoms with Crippen LogP contribution in [0, 0.1) is 0 Å². The molecular weight excluding hydrogens is 338 g/mol. The highest BCUT2D eigenvalue weighted by Gasteiger charge is 2.22. The lowest BCUT2D eigenvalue weighted by atomic mass is 10.0. The zero-order valence-corrected chi connectivity index (χ0v) is 15.9. The highest BCUT2D eigenvalue weighted by Crippen LogP contribution is 2.20. The van der Waals surface area contributed by atoms with Gasteiger partial charge in [0, 0.05) is 56.8 Å². The second kappa shape index (κ2) is 8.57. The predicted octanol–water partition coefficient (Wildman–Crippen LogP) is 2.52. The fraction of sp³-hybridized carbons (Fsp3) is 0.524. The van der Waals surface area contributed by atoms with Crippen LogP contribution >= 0.6 is 0 Å². The summed E-state index contributed by atoms with van der Waals surface area (Å²) in [5.41, 5.74) is 2.55. The average Bonchev–Trinajstić information content (AvgIpc) is 2.74. The largest absolute Gasteiger partial charge is 0.372 e. The Bertz CT molecular complexity index is 782. The van der Waals surface area contributed by atoms with Crippen LogP contribution in [-0.2, 0) is 6.54 Å². The Morgan fingerprint density at radius 2 is 1.81 bits per heavy atom. The molecule has 0 aliphatic carbocycles. The smallest absolute Gasteiger partial charge is 0.290 e. The number of hydrogen-bond donors (Lipinski definition) is 2. The fourth-order valence-corrected chi connectivity index (χ4v) is 4.14. The molecule has 2 saturated heterocycles. The first-order chi connectivity index (χ1) is 13.3. The molecule has 4 rings (SSSR count). The standard InChI is InChI=1S/C21H29N5O/c27-21-20(22-10-11-23-21)26-14-4-5-18(16-26)24-15-17-6-8-19(9-7-17)25-12-2-1-3-13-25/h6-11,18,24H,1-5,12-16H2,(H,23,27)/t18-/m1/s1. The summed E-state index contributed by atoms with van der Waals surface area (Å²) in [6.45, 7) is 4.94. The molecule has 1 aromatic heterocycles. The van der Waals surface area contributed by atoms with Crippen molar-refractivity contribution in [2.75, 3.05) is 36.0 Å². The van der Waals surface area contributed by atoms with Crippen LogP contribution in [-0.4, -0.2) is 42.2 Å². The van der Waals surface area contributed by atoms with E-state index in [-0.39, 0.29) is 5.56 Å². The van der Waals surface area contributed by atoms with Crippen molar-refractivity contribution in [3.8, 4) is 0 Å². The Kier molecular flexibility index (Phi) is 5.72. The predicted molar refractivity (Wildman–Crippen MR) is 109 cm³/mol. The molecule has 0 unspecified atom stereocenters. The van der Waals surface area contributed by atoms with Crippen LogP contribution in [0.25, 0.3) is 0 Å². The van der Waals surface area contributed by atoms with Crippen LogP contribution < -0.4 is 20.7 Å². The number of aromatic nitrogens is 2. The van der Waals surface area contributed by atoms with Crippen molar-refractivity contribution in [1.82, 2.24) is 15.3 Å². The molecule has 6 nitrogen and oxygen atoms in total. The number of benzene rings is 1. The van der Waals surface area contributed by atoms with Gasteiger partial charge in [0.25, 0.3) is 5.56 Å². The summed E-state index contributed by atoms with van der Waals surface area (Å²) < 4.78 is 0. The SMILES string of the molecule is O=c1[nH]ccnc1N1CCC[C@@H](NCc2ccc(N3CCCCC3)cc2)C1. The van der Waals surface area contributed by atoms with Crippen LogP contribution in [0.5, 0.6) is 0 Å². The van der Waals surface area contributed by atoms with E-state index in [0.717, 1.165) is 32.5 Å². The topological polar surface area (TPSA) is 64.3 Å². The molecule has 27 heavy (non-hydrogen) atoms. The summed E-state index contributed by atoms with van der Waals surface area (Å²) in [4.78, 5) is 23.5. The molecule has 0 saturated carbocycles. The molecule has 1 aromatic carbocycles. The third-order valence-corrected chi connectivity index (χ3v) is 5.66. The molecule has 0 spiro atoms. The highest BCUT2D eigenvalue weighted by atomic mass is 16.1. The summed E-state index contributed by atoms with van der Waals surface area (Å²) >= 11 is 0. The lowest BCUT2D eigenvalue weighted by Crippen LogP contribution is -2.47. The average molecular weight is 367 g/mol. The minimum atomic E-state index is -0.105. The van der Waals surface area contributed by atoms with Crippen LogP contribution in [0.15, 0.2) is 41.5 Å². The Morgan fingerprint density at radius 3 is 2.59 bits per heavy atom. The first-order valence-corrected chi connectivity index (χ1v) is 10.2. The van der Waals surface area contributed by atoms with E-state index in [2.05, 4.69) is 49.4 Å². The number of H-pyrrole nitrogens is 1. The van der Waals surface area contributed by atoms with Crippen molar-refractivity contribution < 1.29 is 0 Å². The van der Waals surface area contributed by atoms with Gasteiger partial charge in [-0.25, -0.2) is 4.98 Å². The van der Waals surface area contributed by atoms with E-state index in [1.54, 1.807) is 12.4 Å². The van der Waals surface area contributed by atoms with E-state index in [0.29, 0.717) is 11.9 Å². The van der Waals surface area contributed by atoms with Gasteiger partial charge in [-0.15, -0.1) is 0 Å². The van der Waals surface area contributed by atoms with Gasteiger partial charge in [-0.2, -0.15) is 0 Å². The number of anilines is 2. The van der Waals surface area contributed by atoms with Gasteiger partial charge < -0.3 is 20.1 Å². The monoisotopic (exact) mass is 367 g/mol. The third kappa shape index (κ3) is 4.50. The maximum atomic E-state index is 12.0. The molecule has 0 radical (unpaired) electrons. The molecule has 144 valence electrons. The van der Waals surface area contributed by atoms with E-state index in [4.69, 9.17) is 0 Å². The minimum Gasteiger partial charge on any atom is -0.372 e. The third-order valence-electron chi connectivity index (χ3n) is 5.66. The quantitative estimate of drug-likeness (QED) is 0.850. The van der Waals surface area contributed by atoms with E-state index < -0.39 is 0 Å². The first kappa shape index (κ1) is 18.0. The lowest BCUT2D eigenvalue weighted by Gasteiger charge is -2.33. The summed E-state index contributed by atoms with van der Waals surface area (Å²) in [6, 6.07) is 9.36. The zero-order valence-electron chi connectivity index (χ0n) is 15.9. The molecule has 2 aliphatic heterocycles. The van der Waals surface area contributed by atoms with Gasteiger partial charge in [0.05, 0.1) is 0 Å². The molecule has 2 fully saturated rings. The Labute approximate surface area is 160 Å². The van der Waals surface area contributed by atoms with E-state index >= 15 is 0 Å². The lowest BCUT2D eigenvalue weighted by molar-refractivity contribution is 0.419. The van der Waals surface area contributed by atoms with Crippen molar-refractivity contribution in [2.24, 2.45) is 0 Å². The molecule has 0 amide bonds. The maximum absolute atomic E-state index is 12.0. The van der Waals surface area contributed by atoms with Crippen molar-refractivity contribution >= 4 is 11.5 Å². The molecule has 0 bridgehead atoms. The summed E-state index contributed by atoms with van der Waals surface area (Å²) in [5.74, 6) is 0.537. The van der Waals surface area contributed by atoms with Gasteiger partial charge in [-0.05, 0) is 49.8 Å². The molecule has 6 heteroatoms. The minimum absolute atomic E-state index is 0.105. The summed E-state index contributed by atoms with van der Waals surface area (Å²) in [6.07, 6.45) is 9.41. The van der Waals surface area contributed by atoms with Gasteiger partial charge in [-0.3, -0.25) is 4.79 Å². The van der Waals surface area contributed by atoms with Crippen molar-refractivity contribution in [3.05, 3.63) is 52.6 Å². The number of aromatic amines is 1. The van der Waals surface area contributed by atoms with Gasteiger partial charge in [0.2, 0.25) is 0 Å². The van der Waals surface area contributed by atoms with Crippen molar-refractivity contribution in [3.63, 3.8) is 0 Å². The maximum Gasteiger partial charge on any atom is 0.290 e. The van der Waals surface area contributed by atoms with Gasteiger partial charge in [-0.1, -0.05) is 12.1 Å². The molecule has 3 heterocycles. The van der Waals surface area contributed by atoms with Crippen LogP contribution in [0.4, 0.5) is 11.5 Å². The fourth-order valence-electron chi connectivity index (χ4n) is 4.14. The van der Waals surface area contributed by atoms with Crippen molar-refractivity contribution in [1.29, 1.82) is 0 Å². The van der Waals surface area contributed by atoms with E-state index in [1.165, 1.54) is 43.6 Å². The second-order valence-electron chi connectivity index (χ2n) is 7.62. The van der Waals surface area contributed by atoms with Gasteiger partial charge >= 0.3 is 0 Å². The highest BCUT2D eigenvalue weighted by molar-refractivity contribution is 5.48. The van der Waals surface area contributed by atoms with Crippen LogP contribution in [0.1, 0.15) is 37.7 Å². The second-order valence-corrected chi connectivity index (χ2v) is 7.62. The molecule has 2 aromatic rings. The van der Waals surface area contributed by atoms with E-state index in [9.17, 15) is 4.79 Å². The zero-order chi connectivity index (χ0) is 18.5. The normalized spacial score (nSPS) is 20.7. The van der Waals surface area contributed by atoms with Crippen LogP contribution in [0.3, 0.4) is 0 Å². The molecular formula is C21H29N5O. The van der Waals surface area contributed by atoms with Crippen LogP contribution in [0.2, 0.25) is 0 Å². The number of nitrogens with one attached hydrogen (secondary N) is 2. The van der Waals surface area contributed by atoms with Crippen molar-refractivity contribution in [2.45, 2.75) is 44.7 Å². The number of nitrogens with zero attached hydrogens (tertiary/aromatic N) is 3. The van der Waals surface area contributed by atoms with E-state index in [1.807, 2.05) is 0 Å². The number of hydrogen-bond acceptors (Lipinski definition) is 5. The Hall–Kier alpha value is -2.34. The Balaban J connectivity index is 1.31. The molecule has 2 N–H and O–H groups in total. The van der Waals surface area contributed by atoms with Gasteiger partial charge in [0.15, 0.2) is 5.82 Å². The first-order valence-electron chi connectivity index (χ1n) is 10.2. The Morgan fingerprint density at radius 1 is 1.04 bits per heavy atom. The number of piperidine rings is 2. The van der Waals surface area contributed by atoms with Gasteiger partial charge in [0.1, 0.15) is 0 Å². The molecule has 1 atom stereocenters. The number of rotatable bonds is 5. The summed E-state index contributed by atoms with van der Waals surface area (Å²) in [7, 11) is 0. The molecule has 2 aliphatic rings.